The van der Waals surface area contributed by atoms with Gasteiger partial charge in [-0.3, -0.25) is 9.69 Å². The summed E-state index contributed by atoms with van der Waals surface area (Å²) in [6, 6.07) is 1.79. The molecule has 2 aliphatic carbocycles. The first-order valence-electron chi connectivity index (χ1n) is 8.35. The monoisotopic (exact) mass is 279 g/mol. The molecule has 1 amide bonds. The van der Waals surface area contributed by atoms with Crippen molar-refractivity contribution in [2.45, 2.75) is 82.5 Å². The highest BCUT2D eigenvalue weighted by molar-refractivity contribution is 5.85. The molecule has 2 saturated carbocycles. The van der Waals surface area contributed by atoms with Crippen LogP contribution in [0.3, 0.4) is 0 Å². The maximum absolute atomic E-state index is 12.0. The number of hydrogen-bond acceptors (Lipinski definition) is 3. The number of primary amides is 1. The van der Waals surface area contributed by atoms with Gasteiger partial charge in [-0.15, -0.1) is 0 Å². The molecule has 0 radical (unpaired) electrons. The van der Waals surface area contributed by atoms with Gasteiger partial charge in [-0.05, 0) is 57.4 Å². The van der Waals surface area contributed by atoms with Gasteiger partial charge in [-0.1, -0.05) is 13.8 Å². The number of nitrogens with two attached hydrogens (primary N) is 1. The number of nitrogens with zero attached hydrogens (tertiary/aromatic N) is 1. The first-order valence-corrected chi connectivity index (χ1v) is 8.35. The summed E-state index contributed by atoms with van der Waals surface area (Å²) in [5.74, 6) is 0.574. The van der Waals surface area contributed by atoms with Crippen molar-refractivity contribution in [3.63, 3.8) is 0 Å². The molecule has 1 saturated heterocycles. The van der Waals surface area contributed by atoms with Crippen LogP contribution in [0.4, 0.5) is 0 Å². The second-order valence-corrected chi connectivity index (χ2v) is 7.45. The molecule has 0 aromatic heterocycles. The van der Waals surface area contributed by atoms with Crippen LogP contribution >= 0.6 is 0 Å². The van der Waals surface area contributed by atoms with Crippen LogP contribution < -0.4 is 11.1 Å². The first kappa shape index (κ1) is 14.3. The maximum Gasteiger partial charge on any atom is 0.237 e. The van der Waals surface area contributed by atoms with E-state index < -0.39 is 5.54 Å². The number of rotatable bonds is 5. The summed E-state index contributed by atoms with van der Waals surface area (Å²) in [5, 5.41) is 3.56. The van der Waals surface area contributed by atoms with Crippen molar-refractivity contribution < 1.29 is 4.79 Å². The second-order valence-electron chi connectivity index (χ2n) is 7.45. The smallest absolute Gasteiger partial charge is 0.237 e. The number of likely N-dealkylation sites (tertiary alicyclic amines) is 1. The topological polar surface area (TPSA) is 58.4 Å². The fourth-order valence-electron chi connectivity index (χ4n) is 4.33. The van der Waals surface area contributed by atoms with Crippen molar-refractivity contribution in [2.24, 2.45) is 11.7 Å². The van der Waals surface area contributed by atoms with Crippen molar-refractivity contribution in [3.8, 4) is 0 Å². The van der Waals surface area contributed by atoms with Crippen LogP contribution in [0.15, 0.2) is 0 Å². The van der Waals surface area contributed by atoms with Gasteiger partial charge >= 0.3 is 0 Å². The molecule has 3 rings (SSSR count). The molecule has 4 nitrogen and oxygen atoms in total. The lowest BCUT2D eigenvalue weighted by atomic mass is 9.95. The Labute approximate surface area is 122 Å². The van der Waals surface area contributed by atoms with Gasteiger partial charge in [0.15, 0.2) is 0 Å². The lowest BCUT2D eigenvalue weighted by molar-refractivity contribution is -0.124. The summed E-state index contributed by atoms with van der Waals surface area (Å²) in [4.78, 5) is 14.7. The molecule has 0 spiro atoms. The summed E-state index contributed by atoms with van der Waals surface area (Å²) in [6.07, 6.45) is 7.99. The minimum Gasteiger partial charge on any atom is -0.368 e. The van der Waals surface area contributed by atoms with Crippen LogP contribution in [0.2, 0.25) is 0 Å². The molecule has 4 heteroatoms. The van der Waals surface area contributed by atoms with Crippen LogP contribution in [0.25, 0.3) is 0 Å². The predicted octanol–water partition coefficient (Wildman–Crippen LogP) is 1.64. The van der Waals surface area contributed by atoms with E-state index in [1.807, 2.05) is 0 Å². The zero-order chi connectivity index (χ0) is 14.3. The molecule has 3 N–H and O–H groups in total. The molecular weight excluding hydrogens is 250 g/mol. The van der Waals surface area contributed by atoms with Gasteiger partial charge in [0.2, 0.25) is 5.91 Å². The molecule has 0 aromatic rings. The van der Waals surface area contributed by atoms with E-state index >= 15 is 0 Å². The highest BCUT2D eigenvalue weighted by Crippen LogP contribution is 2.39. The van der Waals surface area contributed by atoms with Crippen LogP contribution in [0, 0.1) is 5.92 Å². The molecule has 3 fully saturated rings. The Balaban J connectivity index is 1.69. The number of hydrogen-bond donors (Lipinski definition) is 2. The van der Waals surface area contributed by atoms with E-state index in [1.165, 1.54) is 32.2 Å². The lowest BCUT2D eigenvalue weighted by Crippen LogP contribution is -2.55. The van der Waals surface area contributed by atoms with E-state index in [9.17, 15) is 4.79 Å². The Kier molecular flexibility index (Phi) is 3.80. The fraction of sp³-hybridized carbons (Fsp3) is 0.938. The largest absolute Gasteiger partial charge is 0.368 e. The molecule has 3 aliphatic rings. The van der Waals surface area contributed by atoms with Crippen LogP contribution in [-0.2, 0) is 4.79 Å². The second kappa shape index (κ2) is 5.30. The van der Waals surface area contributed by atoms with Crippen molar-refractivity contribution in [2.75, 3.05) is 6.54 Å². The average Bonchev–Trinajstić information content (AvgIpc) is 2.92. The Bertz CT molecular complexity index is 380. The Morgan fingerprint density at radius 2 is 2.05 bits per heavy atom. The third-order valence-electron chi connectivity index (χ3n) is 5.60. The summed E-state index contributed by atoms with van der Waals surface area (Å²) < 4.78 is 0. The Morgan fingerprint density at radius 3 is 2.65 bits per heavy atom. The molecule has 1 heterocycles. The van der Waals surface area contributed by atoms with Crippen LogP contribution in [0.1, 0.15) is 58.8 Å². The first-order chi connectivity index (χ1) is 9.52. The van der Waals surface area contributed by atoms with Crippen molar-refractivity contribution in [3.05, 3.63) is 0 Å². The summed E-state index contributed by atoms with van der Waals surface area (Å²) in [7, 11) is 0. The number of carbonyl (C=O) groups is 1. The standard InChI is InChI=1S/C16H29N3O/c1-11(2)14-4-3-9-19(14)13-7-8-16(10-13,15(17)20)18-12-5-6-12/h11-14,18H,3-10H2,1-2H3,(H2,17,20). The quantitative estimate of drug-likeness (QED) is 0.804. The minimum atomic E-state index is -0.421. The molecule has 3 atom stereocenters. The van der Waals surface area contributed by atoms with Gasteiger partial charge < -0.3 is 11.1 Å². The van der Waals surface area contributed by atoms with Crippen LogP contribution in [-0.4, -0.2) is 41.0 Å². The van der Waals surface area contributed by atoms with Gasteiger partial charge in [-0.2, -0.15) is 0 Å². The maximum atomic E-state index is 12.0. The normalized spacial score (nSPS) is 38.8. The zero-order valence-electron chi connectivity index (χ0n) is 12.9. The van der Waals surface area contributed by atoms with Crippen molar-refractivity contribution >= 4 is 5.91 Å². The molecule has 0 bridgehead atoms. The molecule has 20 heavy (non-hydrogen) atoms. The van der Waals surface area contributed by atoms with E-state index in [0.29, 0.717) is 24.0 Å². The van der Waals surface area contributed by atoms with E-state index in [4.69, 9.17) is 5.73 Å². The predicted molar refractivity (Wildman–Crippen MR) is 80.3 cm³/mol. The molecule has 1 aliphatic heterocycles. The summed E-state index contributed by atoms with van der Waals surface area (Å²) in [6.45, 7) is 5.84. The lowest BCUT2D eigenvalue weighted by Gasteiger charge is -2.34. The molecule has 3 unspecified atom stereocenters. The molecular formula is C16H29N3O. The van der Waals surface area contributed by atoms with E-state index in [-0.39, 0.29) is 5.91 Å². The van der Waals surface area contributed by atoms with E-state index in [1.54, 1.807) is 0 Å². The minimum absolute atomic E-state index is 0.132. The van der Waals surface area contributed by atoms with E-state index in [2.05, 4.69) is 24.1 Å². The van der Waals surface area contributed by atoms with Gasteiger partial charge in [0.05, 0.1) is 5.54 Å². The van der Waals surface area contributed by atoms with Gasteiger partial charge in [0.1, 0.15) is 0 Å². The number of nitrogens with one attached hydrogen (secondary N) is 1. The van der Waals surface area contributed by atoms with Crippen molar-refractivity contribution in [1.29, 1.82) is 0 Å². The average molecular weight is 279 g/mol. The van der Waals surface area contributed by atoms with Gasteiger partial charge in [-0.25, -0.2) is 0 Å². The highest BCUT2D eigenvalue weighted by Gasteiger charge is 2.49. The van der Waals surface area contributed by atoms with Crippen LogP contribution in [0.5, 0.6) is 0 Å². The van der Waals surface area contributed by atoms with Gasteiger partial charge in [0, 0.05) is 18.1 Å². The number of amides is 1. The summed E-state index contributed by atoms with van der Waals surface area (Å²) in [5.41, 5.74) is 5.32. The van der Waals surface area contributed by atoms with Gasteiger partial charge in [0.25, 0.3) is 0 Å². The Morgan fingerprint density at radius 1 is 1.30 bits per heavy atom. The van der Waals surface area contributed by atoms with Crippen molar-refractivity contribution in [1.82, 2.24) is 10.2 Å². The SMILES string of the molecule is CC(C)C1CCCN1C1CCC(NC2CC2)(C(N)=O)C1. The molecule has 114 valence electrons. The highest BCUT2D eigenvalue weighted by atomic mass is 16.1. The Hall–Kier alpha value is -0.610. The summed E-state index contributed by atoms with van der Waals surface area (Å²) >= 11 is 0. The third kappa shape index (κ3) is 2.60. The number of carbonyl (C=O) groups excluding carboxylic acids is 1. The fourth-order valence-corrected chi connectivity index (χ4v) is 4.33. The zero-order valence-corrected chi connectivity index (χ0v) is 12.9. The van der Waals surface area contributed by atoms with E-state index in [0.717, 1.165) is 19.3 Å². The molecule has 0 aromatic carbocycles. The third-order valence-corrected chi connectivity index (χ3v) is 5.60.